The molecule has 27 heavy (non-hydrogen) atoms. The number of halogens is 2. The third kappa shape index (κ3) is 3.56. The first kappa shape index (κ1) is 19.0. The van der Waals surface area contributed by atoms with E-state index in [-0.39, 0.29) is 37.6 Å². The zero-order valence-corrected chi connectivity index (χ0v) is 16.0. The summed E-state index contributed by atoms with van der Waals surface area (Å²) in [4.78, 5) is 28.8. The summed E-state index contributed by atoms with van der Waals surface area (Å²) >= 11 is 7.03. The predicted molar refractivity (Wildman–Crippen MR) is 97.8 cm³/mol. The smallest absolute Gasteiger partial charge is 0.350 e. The predicted octanol–water partition coefficient (Wildman–Crippen LogP) is 4.25. The molecule has 0 saturated carbocycles. The molecule has 10 heteroatoms. The van der Waals surface area contributed by atoms with Gasteiger partial charge in [-0.1, -0.05) is 34.2 Å². The van der Waals surface area contributed by atoms with Gasteiger partial charge in [0.25, 0.3) is 5.91 Å². The van der Waals surface area contributed by atoms with Crippen LogP contribution in [0, 0.1) is 19.7 Å². The second kappa shape index (κ2) is 7.45. The molecule has 3 rings (SSSR count). The molecule has 1 aromatic carbocycles. The summed E-state index contributed by atoms with van der Waals surface area (Å²) in [5, 5.41) is 6.63. The zero-order chi connectivity index (χ0) is 19.7. The van der Waals surface area contributed by atoms with E-state index in [0.29, 0.717) is 5.69 Å². The van der Waals surface area contributed by atoms with Crippen molar-refractivity contribution in [2.75, 3.05) is 12.4 Å². The van der Waals surface area contributed by atoms with Gasteiger partial charge in [0.05, 0.1) is 23.4 Å². The molecule has 1 N–H and O–H groups in total. The molecular weight excluding hydrogens is 397 g/mol. The van der Waals surface area contributed by atoms with Crippen molar-refractivity contribution in [3.8, 4) is 11.3 Å². The van der Waals surface area contributed by atoms with Gasteiger partial charge in [0.1, 0.15) is 27.7 Å². The topological polar surface area (TPSA) is 94.3 Å². The van der Waals surface area contributed by atoms with E-state index in [4.69, 9.17) is 16.1 Å². The van der Waals surface area contributed by atoms with Crippen molar-refractivity contribution in [3.63, 3.8) is 0 Å². The fraction of sp³-hybridized carbons (Fsp3) is 0.176. The Labute approximate surface area is 162 Å². The Morgan fingerprint density at radius 3 is 2.74 bits per heavy atom. The first-order chi connectivity index (χ1) is 12.8. The number of aryl methyl sites for hydroxylation is 2. The molecule has 0 atom stereocenters. The average Bonchev–Trinajstić information content (AvgIpc) is 3.17. The van der Waals surface area contributed by atoms with Gasteiger partial charge in [-0.3, -0.25) is 10.1 Å². The van der Waals surface area contributed by atoms with Crippen molar-refractivity contribution in [3.05, 3.63) is 50.9 Å². The van der Waals surface area contributed by atoms with Gasteiger partial charge in [-0.25, -0.2) is 14.2 Å². The molecule has 0 saturated heterocycles. The SMILES string of the molecule is COC(=O)c1sc(NC(=O)c2c(-c3c(F)cccc3Cl)noc2C)nc1C. The van der Waals surface area contributed by atoms with Crippen LogP contribution < -0.4 is 5.32 Å². The maximum Gasteiger partial charge on any atom is 0.350 e. The molecule has 2 heterocycles. The third-order valence-corrected chi connectivity index (χ3v) is 5.05. The number of ether oxygens (including phenoxy) is 1. The molecule has 140 valence electrons. The van der Waals surface area contributed by atoms with Gasteiger partial charge in [-0.05, 0) is 26.0 Å². The number of hydrogen-bond acceptors (Lipinski definition) is 7. The molecule has 0 fully saturated rings. The number of hydrogen-bond donors (Lipinski definition) is 1. The minimum atomic E-state index is -0.636. The van der Waals surface area contributed by atoms with Crippen LogP contribution in [-0.4, -0.2) is 29.1 Å². The van der Waals surface area contributed by atoms with E-state index in [9.17, 15) is 14.0 Å². The number of anilines is 1. The van der Waals surface area contributed by atoms with Crippen LogP contribution in [0.2, 0.25) is 5.02 Å². The molecule has 1 amide bonds. The number of aromatic nitrogens is 2. The number of nitrogens with one attached hydrogen (secondary N) is 1. The zero-order valence-electron chi connectivity index (χ0n) is 14.4. The highest BCUT2D eigenvalue weighted by molar-refractivity contribution is 7.17. The first-order valence-corrected chi connectivity index (χ1v) is 8.80. The van der Waals surface area contributed by atoms with E-state index in [2.05, 4.69) is 20.2 Å². The first-order valence-electron chi connectivity index (χ1n) is 7.61. The maximum absolute atomic E-state index is 14.2. The second-order valence-electron chi connectivity index (χ2n) is 5.44. The Balaban J connectivity index is 1.98. The fourth-order valence-corrected chi connectivity index (χ4v) is 3.56. The van der Waals surface area contributed by atoms with Gasteiger partial charge in [0.2, 0.25) is 0 Å². The van der Waals surface area contributed by atoms with E-state index in [0.717, 1.165) is 11.3 Å². The van der Waals surface area contributed by atoms with Crippen molar-refractivity contribution in [1.82, 2.24) is 10.1 Å². The van der Waals surface area contributed by atoms with Crippen molar-refractivity contribution >= 4 is 39.9 Å². The molecule has 3 aromatic rings. The average molecular weight is 410 g/mol. The summed E-state index contributed by atoms with van der Waals surface area (Å²) in [6, 6.07) is 4.14. The number of carbonyl (C=O) groups excluding carboxylic acids is 2. The minimum Gasteiger partial charge on any atom is -0.465 e. The van der Waals surface area contributed by atoms with Gasteiger partial charge in [0, 0.05) is 0 Å². The lowest BCUT2D eigenvalue weighted by atomic mass is 10.1. The Kier molecular flexibility index (Phi) is 5.24. The van der Waals surface area contributed by atoms with Gasteiger partial charge in [0.15, 0.2) is 5.13 Å². The molecule has 0 radical (unpaired) electrons. The highest BCUT2D eigenvalue weighted by Gasteiger charge is 2.26. The molecule has 2 aromatic heterocycles. The number of rotatable bonds is 4. The molecular formula is C17H13ClFN3O4S. The van der Waals surface area contributed by atoms with Crippen molar-refractivity contribution < 1.29 is 23.2 Å². The summed E-state index contributed by atoms with van der Waals surface area (Å²) in [5.41, 5.74) is 0.386. The van der Waals surface area contributed by atoms with E-state index < -0.39 is 17.7 Å². The monoisotopic (exact) mass is 409 g/mol. The van der Waals surface area contributed by atoms with Crippen LogP contribution in [0.5, 0.6) is 0 Å². The van der Waals surface area contributed by atoms with Crippen molar-refractivity contribution in [1.29, 1.82) is 0 Å². The lowest BCUT2D eigenvalue weighted by Crippen LogP contribution is -2.13. The van der Waals surface area contributed by atoms with Crippen LogP contribution in [0.15, 0.2) is 22.7 Å². The fourth-order valence-electron chi connectivity index (χ4n) is 2.43. The highest BCUT2D eigenvalue weighted by Crippen LogP contribution is 2.34. The number of methoxy groups -OCH3 is 1. The van der Waals surface area contributed by atoms with Crippen molar-refractivity contribution in [2.24, 2.45) is 0 Å². The van der Waals surface area contributed by atoms with Crippen LogP contribution in [0.3, 0.4) is 0 Å². The van der Waals surface area contributed by atoms with E-state index >= 15 is 0 Å². The number of amides is 1. The molecule has 0 aliphatic rings. The number of nitrogens with zero attached hydrogens (tertiary/aromatic N) is 2. The number of carbonyl (C=O) groups is 2. The molecule has 0 aliphatic carbocycles. The molecule has 0 unspecified atom stereocenters. The lowest BCUT2D eigenvalue weighted by molar-refractivity contribution is 0.0605. The standard InChI is InChI=1S/C17H13ClFN3O4S/c1-7-14(16(24)25-3)27-17(20-7)21-15(23)11-8(2)26-22-13(11)12-9(18)5-4-6-10(12)19/h4-6H,1-3H3,(H,20,21,23). The van der Waals surface area contributed by atoms with Gasteiger partial charge in [-0.2, -0.15) is 0 Å². The summed E-state index contributed by atoms with van der Waals surface area (Å²) in [7, 11) is 1.25. The van der Waals surface area contributed by atoms with Crippen LogP contribution in [-0.2, 0) is 4.74 Å². The molecule has 0 bridgehead atoms. The van der Waals surface area contributed by atoms with E-state index in [1.54, 1.807) is 6.92 Å². The molecule has 7 nitrogen and oxygen atoms in total. The Morgan fingerprint density at radius 2 is 2.07 bits per heavy atom. The number of thiazole rings is 1. The quantitative estimate of drug-likeness (QED) is 0.647. The normalized spacial score (nSPS) is 10.7. The number of benzene rings is 1. The van der Waals surface area contributed by atoms with E-state index in [1.807, 2.05) is 0 Å². The Morgan fingerprint density at radius 1 is 1.33 bits per heavy atom. The molecule has 0 spiro atoms. The number of esters is 1. The second-order valence-corrected chi connectivity index (χ2v) is 6.84. The van der Waals surface area contributed by atoms with Crippen LogP contribution >= 0.6 is 22.9 Å². The van der Waals surface area contributed by atoms with Crippen molar-refractivity contribution in [2.45, 2.75) is 13.8 Å². The summed E-state index contributed by atoms with van der Waals surface area (Å²) in [6.45, 7) is 3.14. The summed E-state index contributed by atoms with van der Waals surface area (Å²) in [5.74, 6) is -1.62. The van der Waals surface area contributed by atoms with Crippen LogP contribution in [0.4, 0.5) is 9.52 Å². The van der Waals surface area contributed by atoms with Crippen LogP contribution in [0.1, 0.15) is 31.5 Å². The Bertz CT molecular complexity index is 1030. The lowest BCUT2D eigenvalue weighted by Gasteiger charge is -2.05. The third-order valence-electron chi connectivity index (χ3n) is 3.68. The summed E-state index contributed by atoms with van der Waals surface area (Å²) < 4.78 is 24.0. The highest BCUT2D eigenvalue weighted by atomic mass is 35.5. The van der Waals surface area contributed by atoms with E-state index in [1.165, 1.54) is 32.2 Å². The minimum absolute atomic E-state index is 0.0189. The maximum atomic E-state index is 14.2. The largest absolute Gasteiger partial charge is 0.465 e. The molecule has 0 aliphatic heterocycles. The van der Waals surface area contributed by atoms with Gasteiger partial charge < -0.3 is 9.26 Å². The van der Waals surface area contributed by atoms with Gasteiger partial charge >= 0.3 is 5.97 Å². The summed E-state index contributed by atoms with van der Waals surface area (Å²) in [6.07, 6.45) is 0. The van der Waals surface area contributed by atoms with Gasteiger partial charge in [-0.15, -0.1) is 0 Å². The Hall–Kier alpha value is -2.78. The van der Waals surface area contributed by atoms with Crippen LogP contribution in [0.25, 0.3) is 11.3 Å².